The number of esters is 4. The number of carbonyl (C=O) groups is 8. The molecule has 27 heteroatoms. The van der Waals surface area contributed by atoms with Gasteiger partial charge in [0.05, 0.1) is 6.61 Å². The molecule has 19 nitrogen and oxygen atoms in total. The fraction of sp³-hybridized carbons (Fsp3) is 0.649. The van der Waals surface area contributed by atoms with Gasteiger partial charge >= 0.3 is 36.6 Å². The average molecular weight is 1210 g/mol. The Labute approximate surface area is 484 Å². The highest BCUT2D eigenvalue weighted by Gasteiger charge is 2.45. The van der Waals surface area contributed by atoms with Gasteiger partial charge in [-0.25, -0.2) is 23.2 Å². The van der Waals surface area contributed by atoms with Gasteiger partial charge in [0.2, 0.25) is 0 Å². The summed E-state index contributed by atoms with van der Waals surface area (Å²) < 4.78 is 139. The van der Waals surface area contributed by atoms with Gasteiger partial charge in [-0.3, -0.25) is 24.0 Å². The molecule has 2 N–H and O–H groups in total. The third-order valence-corrected chi connectivity index (χ3v) is 12.6. The Hall–Kier alpha value is -6.64. The summed E-state index contributed by atoms with van der Waals surface area (Å²) in [6.45, 7) is 15.9. The summed E-state index contributed by atoms with van der Waals surface area (Å²) in [6, 6.07) is 1.86. The monoisotopic (exact) mass is 1210 g/mol. The fourth-order valence-corrected chi connectivity index (χ4v) is 8.32. The highest BCUT2D eigenvalue weighted by atomic mass is 19.4. The van der Waals surface area contributed by atoms with Crippen LogP contribution in [0.1, 0.15) is 120 Å². The van der Waals surface area contributed by atoms with Gasteiger partial charge in [0.15, 0.2) is 30.2 Å². The number of aliphatic hydroxyl groups is 1. The number of hydrogen-bond donors (Lipinski definition) is 2. The Morgan fingerprint density at radius 3 is 1.20 bits per heavy atom. The van der Waals surface area contributed by atoms with E-state index >= 15 is 4.39 Å². The Morgan fingerprint density at radius 2 is 0.869 bits per heavy atom. The summed E-state index contributed by atoms with van der Waals surface area (Å²) in [5.74, 6) is -9.52. The molecule has 0 radical (unpaired) electrons. The predicted molar refractivity (Wildman–Crippen MR) is 287 cm³/mol. The quantitative estimate of drug-likeness (QED) is 0.0343. The van der Waals surface area contributed by atoms with E-state index in [4.69, 9.17) is 18.9 Å². The van der Waals surface area contributed by atoms with Crippen LogP contribution in [-0.4, -0.2) is 175 Å². The number of nitrogens with one attached hydrogen (secondary N) is 1. The smallest absolute Gasteiger partial charge is 0.451 e. The molecule has 2 rings (SSSR count). The number of rotatable bonds is 29. The number of amides is 3. The lowest BCUT2D eigenvalue weighted by Crippen LogP contribution is -2.55. The number of ether oxygens (including phenoxy) is 6. The van der Waals surface area contributed by atoms with Crippen molar-refractivity contribution in [1.82, 2.24) is 20.0 Å². The molecule has 0 fully saturated rings. The lowest BCUT2D eigenvalue weighted by molar-refractivity contribution is -0.275. The van der Waals surface area contributed by atoms with Gasteiger partial charge in [-0.05, 0) is 108 Å². The molecular weight excluding hydrogens is 1130 g/mol. The van der Waals surface area contributed by atoms with Gasteiger partial charge in [0.25, 0.3) is 17.7 Å². The summed E-state index contributed by atoms with van der Waals surface area (Å²) in [5, 5.41) is 12.4. The molecule has 474 valence electrons. The molecule has 0 saturated heterocycles. The van der Waals surface area contributed by atoms with Gasteiger partial charge in [0, 0.05) is 46.8 Å². The number of likely N-dealkylation sites (N-methyl/N-ethyl adjacent to an activating group) is 4. The normalized spacial score (nSPS) is 15.7. The zero-order valence-corrected chi connectivity index (χ0v) is 50.2. The number of hydrogen-bond acceptors (Lipinski definition) is 16. The van der Waals surface area contributed by atoms with Crippen LogP contribution in [0.15, 0.2) is 48.5 Å². The zero-order chi connectivity index (χ0) is 64.9. The first kappa shape index (κ1) is 73.5. The van der Waals surface area contributed by atoms with Crippen molar-refractivity contribution in [1.29, 1.82) is 0 Å². The van der Waals surface area contributed by atoms with E-state index in [1.807, 2.05) is 0 Å². The summed E-state index contributed by atoms with van der Waals surface area (Å²) >= 11 is 0. The van der Waals surface area contributed by atoms with E-state index < -0.39 is 168 Å². The van der Waals surface area contributed by atoms with Crippen molar-refractivity contribution < 1.29 is 107 Å². The number of nitrogens with zero attached hydrogens (tertiary/aromatic N) is 3. The molecule has 0 saturated carbocycles. The molecule has 3 amide bonds. The molecule has 2 aromatic carbocycles. The zero-order valence-electron chi connectivity index (χ0n) is 50.2. The minimum absolute atomic E-state index is 0.0644. The molecule has 2 aromatic rings. The van der Waals surface area contributed by atoms with E-state index in [0.717, 1.165) is 107 Å². The van der Waals surface area contributed by atoms with Gasteiger partial charge in [-0.2, -0.15) is 0 Å². The topological polar surface area (TPSA) is 234 Å². The van der Waals surface area contributed by atoms with Crippen LogP contribution in [0.5, 0.6) is 11.5 Å². The van der Waals surface area contributed by atoms with Crippen LogP contribution in [0.25, 0.3) is 0 Å². The molecule has 0 aliphatic carbocycles. The molecule has 0 spiro atoms. The van der Waals surface area contributed by atoms with E-state index in [1.54, 1.807) is 41.5 Å². The van der Waals surface area contributed by atoms with Crippen LogP contribution in [-0.2, 0) is 70.1 Å². The van der Waals surface area contributed by atoms with Gasteiger partial charge in [-0.1, -0.05) is 65.8 Å². The van der Waals surface area contributed by atoms with E-state index in [0.29, 0.717) is 4.90 Å². The molecule has 0 heterocycles. The van der Waals surface area contributed by atoms with Crippen molar-refractivity contribution in [3.63, 3.8) is 0 Å². The lowest BCUT2D eigenvalue weighted by Gasteiger charge is -2.36. The maximum Gasteiger partial charge on any atom is 0.573 e. The van der Waals surface area contributed by atoms with Gasteiger partial charge in [0.1, 0.15) is 47.0 Å². The first-order valence-electron chi connectivity index (χ1n) is 26.6. The van der Waals surface area contributed by atoms with Crippen molar-refractivity contribution in [3.05, 3.63) is 59.7 Å². The molecule has 84 heavy (non-hydrogen) atoms. The van der Waals surface area contributed by atoms with Crippen molar-refractivity contribution >= 4 is 47.9 Å². The number of aliphatic hydroxyl groups excluding tert-OH is 1. The minimum Gasteiger partial charge on any atom is -0.451 e. The maximum atomic E-state index is 15.8. The van der Waals surface area contributed by atoms with E-state index in [1.165, 1.54) is 20.9 Å². The standard InChI is InChI=1S/C57H80F8N4O15/c1-33(79-48(76)39(28-51(2,3)4)68(15)45(73)42(80-47(75)38(66-13)27-53(8,9)58)25-34-17-21-36(22-18-34)82-56(60,61)62)44(72)67(14)41(30-54(10,11)59)49(77)81-43(26-35-19-23-37(24-20-35)83-57(63,64)65)46(74)69(16)40(29-52(5,6)7)50(78)84-55(12,31-70)32-71/h17-24,31,33,38-43,66,71H,25-30,32H2,1-16H3/t33-,38+,39+,40+,41+,42-,43-,55-/m1/s1. The molecular formula is C57H80F8N4O15. The van der Waals surface area contributed by atoms with Gasteiger partial charge < -0.3 is 53.5 Å². The molecule has 0 unspecified atom stereocenters. The van der Waals surface area contributed by atoms with Crippen LogP contribution >= 0.6 is 0 Å². The number of benzene rings is 2. The first-order chi connectivity index (χ1) is 38.1. The summed E-state index contributed by atoms with van der Waals surface area (Å²) in [7, 11) is 4.65. The van der Waals surface area contributed by atoms with Crippen molar-refractivity contribution in [2.24, 2.45) is 10.8 Å². The average Bonchev–Trinajstić information content (AvgIpc) is 3.52. The second kappa shape index (κ2) is 29.4. The van der Waals surface area contributed by atoms with Crippen LogP contribution in [0.2, 0.25) is 0 Å². The molecule has 0 bridgehead atoms. The Bertz CT molecular complexity index is 2560. The third-order valence-electron chi connectivity index (χ3n) is 12.6. The highest BCUT2D eigenvalue weighted by molar-refractivity contribution is 5.93. The first-order valence-corrected chi connectivity index (χ1v) is 26.6. The summed E-state index contributed by atoms with van der Waals surface area (Å²) in [4.78, 5) is 114. The predicted octanol–water partition coefficient (Wildman–Crippen LogP) is 7.74. The molecule has 0 aliphatic heterocycles. The van der Waals surface area contributed by atoms with E-state index in [-0.39, 0.29) is 30.3 Å². The van der Waals surface area contributed by atoms with Crippen molar-refractivity contribution in [2.45, 2.75) is 194 Å². The summed E-state index contributed by atoms with van der Waals surface area (Å²) in [5.41, 5.74) is -7.61. The second-order valence-electron chi connectivity index (χ2n) is 24.3. The minimum atomic E-state index is -5.08. The number of halogens is 8. The van der Waals surface area contributed by atoms with E-state index in [9.17, 15) is 74.2 Å². The Balaban J connectivity index is 2.67. The van der Waals surface area contributed by atoms with Crippen LogP contribution in [0.4, 0.5) is 35.1 Å². The molecule has 0 aromatic heterocycles. The Kier molecular flexibility index (Phi) is 25.7. The SMILES string of the molecule is CN[C@@H](CC(C)(C)F)C(=O)O[C@H](Cc1ccc(OC(F)(F)F)cc1)C(=O)N(C)[C@@H](CC(C)(C)C)C(=O)O[C@H](C)C(=O)N(C)[C@@H](CC(C)(C)F)C(=O)O[C@H](Cc1ccc(OC(F)(F)F)cc1)C(=O)N(C)[C@@H](CC(C)(C)C)C(=O)O[C@](C)(C=O)CO. The van der Waals surface area contributed by atoms with Crippen LogP contribution in [0, 0.1) is 10.8 Å². The number of carbonyl (C=O) groups excluding carboxylic acids is 8. The Morgan fingerprint density at radius 1 is 0.524 bits per heavy atom. The van der Waals surface area contributed by atoms with Crippen LogP contribution in [0.3, 0.4) is 0 Å². The maximum absolute atomic E-state index is 15.8. The lowest BCUT2D eigenvalue weighted by atomic mass is 9.87. The molecule has 8 atom stereocenters. The largest absolute Gasteiger partial charge is 0.573 e. The number of aldehydes is 1. The summed E-state index contributed by atoms with van der Waals surface area (Å²) in [6.07, 6.45) is -18.3. The third kappa shape index (κ3) is 25.3. The second-order valence-corrected chi connectivity index (χ2v) is 24.3. The van der Waals surface area contributed by atoms with Crippen molar-refractivity contribution in [3.8, 4) is 11.5 Å². The van der Waals surface area contributed by atoms with E-state index in [2.05, 4.69) is 14.8 Å². The molecule has 0 aliphatic rings. The van der Waals surface area contributed by atoms with Crippen LogP contribution < -0.4 is 14.8 Å². The highest BCUT2D eigenvalue weighted by Crippen LogP contribution is 2.31. The number of alkyl halides is 8. The fourth-order valence-electron chi connectivity index (χ4n) is 8.32. The van der Waals surface area contributed by atoms with Crippen molar-refractivity contribution in [2.75, 3.05) is 34.8 Å². The van der Waals surface area contributed by atoms with Gasteiger partial charge in [-0.15, -0.1) is 26.3 Å².